The molecule has 0 aliphatic rings. The summed E-state index contributed by atoms with van der Waals surface area (Å²) in [5.74, 6) is 0.286. The van der Waals surface area contributed by atoms with Crippen molar-refractivity contribution in [2.75, 3.05) is 19.0 Å². The van der Waals surface area contributed by atoms with Gasteiger partial charge in [0.05, 0.1) is 18.9 Å². The third-order valence-electron chi connectivity index (χ3n) is 2.79. The fourth-order valence-corrected chi connectivity index (χ4v) is 1.68. The van der Waals surface area contributed by atoms with Gasteiger partial charge in [-0.15, -0.1) is 0 Å². The molecule has 2 rings (SSSR count). The van der Waals surface area contributed by atoms with Crippen LogP contribution < -0.4 is 15.4 Å². The van der Waals surface area contributed by atoms with E-state index in [4.69, 9.17) is 9.15 Å². The lowest BCUT2D eigenvalue weighted by molar-refractivity contribution is -0.116. The van der Waals surface area contributed by atoms with Crippen LogP contribution in [0.1, 0.15) is 16.8 Å². The van der Waals surface area contributed by atoms with Crippen LogP contribution in [0.4, 0.5) is 5.69 Å². The van der Waals surface area contributed by atoms with Gasteiger partial charge in [0.15, 0.2) is 0 Å². The highest BCUT2D eigenvalue weighted by atomic mass is 16.5. The number of methoxy groups -OCH3 is 1. The van der Waals surface area contributed by atoms with Crippen LogP contribution in [-0.2, 0) is 4.79 Å². The van der Waals surface area contributed by atoms with Gasteiger partial charge >= 0.3 is 0 Å². The smallest absolute Gasteiger partial charge is 0.254 e. The van der Waals surface area contributed by atoms with Gasteiger partial charge in [0.1, 0.15) is 12.0 Å². The molecular weight excluding hydrogens is 272 g/mol. The summed E-state index contributed by atoms with van der Waals surface area (Å²) in [6.45, 7) is 0.256. The second kappa shape index (κ2) is 7.14. The lowest BCUT2D eigenvalue weighted by Gasteiger charge is -2.07. The SMILES string of the molecule is COc1ccc(NC(=O)CCNC(=O)c2ccoc2)cc1. The Balaban J connectivity index is 1.73. The summed E-state index contributed by atoms with van der Waals surface area (Å²) in [6.07, 6.45) is 2.97. The van der Waals surface area contributed by atoms with Gasteiger partial charge < -0.3 is 19.8 Å². The van der Waals surface area contributed by atoms with Crippen LogP contribution >= 0.6 is 0 Å². The fraction of sp³-hybridized carbons (Fsp3) is 0.200. The lowest BCUT2D eigenvalue weighted by atomic mass is 10.3. The summed E-state index contributed by atoms with van der Waals surface area (Å²) in [6, 6.07) is 8.58. The molecular formula is C15H16N2O4. The van der Waals surface area contributed by atoms with Crippen LogP contribution in [0.25, 0.3) is 0 Å². The molecule has 0 spiro atoms. The molecule has 6 heteroatoms. The third-order valence-corrected chi connectivity index (χ3v) is 2.79. The summed E-state index contributed by atoms with van der Waals surface area (Å²) in [4.78, 5) is 23.3. The number of hydrogen-bond donors (Lipinski definition) is 2. The molecule has 2 aromatic rings. The van der Waals surface area contributed by atoms with Gasteiger partial charge in [-0.1, -0.05) is 0 Å². The van der Waals surface area contributed by atoms with Crippen molar-refractivity contribution in [2.24, 2.45) is 0 Å². The van der Waals surface area contributed by atoms with Crippen LogP contribution in [0.5, 0.6) is 5.75 Å². The number of rotatable bonds is 6. The number of carbonyl (C=O) groups excluding carboxylic acids is 2. The Labute approximate surface area is 122 Å². The molecule has 2 N–H and O–H groups in total. The topological polar surface area (TPSA) is 80.6 Å². The number of nitrogens with one attached hydrogen (secondary N) is 2. The van der Waals surface area contributed by atoms with Crippen LogP contribution in [0.3, 0.4) is 0 Å². The molecule has 0 saturated heterocycles. The van der Waals surface area contributed by atoms with Gasteiger partial charge in [0.2, 0.25) is 5.91 Å². The zero-order valence-electron chi connectivity index (χ0n) is 11.6. The minimum Gasteiger partial charge on any atom is -0.497 e. The quantitative estimate of drug-likeness (QED) is 0.852. The second-order valence-electron chi connectivity index (χ2n) is 4.29. The van der Waals surface area contributed by atoms with Gasteiger partial charge in [-0.3, -0.25) is 9.59 Å². The first kappa shape index (κ1) is 14.6. The van der Waals surface area contributed by atoms with Crippen molar-refractivity contribution >= 4 is 17.5 Å². The Morgan fingerprint density at radius 3 is 2.57 bits per heavy atom. The maximum absolute atomic E-state index is 11.7. The molecule has 1 heterocycles. The van der Waals surface area contributed by atoms with Crippen molar-refractivity contribution in [2.45, 2.75) is 6.42 Å². The van der Waals surface area contributed by atoms with Gasteiger partial charge in [-0.2, -0.15) is 0 Å². The molecule has 0 aliphatic heterocycles. The third kappa shape index (κ3) is 4.38. The van der Waals surface area contributed by atoms with Crippen LogP contribution in [-0.4, -0.2) is 25.5 Å². The molecule has 0 aliphatic carbocycles. The van der Waals surface area contributed by atoms with Gasteiger partial charge in [0.25, 0.3) is 5.91 Å². The van der Waals surface area contributed by atoms with Crippen molar-refractivity contribution in [3.63, 3.8) is 0 Å². The van der Waals surface area contributed by atoms with Gasteiger partial charge in [0, 0.05) is 18.7 Å². The van der Waals surface area contributed by atoms with E-state index in [1.807, 2.05) is 0 Å². The normalized spacial score (nSPS) is 9.95. The number of ether oxygens (including phenoxy) is 1. The Morgan fingerprint density at radius 2 is 1.95 bits per heavy atom. The van der Waals surface area contributed by atoms with Crippen LogP contribution in [0.2, 0.25) is 0 Å². The Kier molecular flexibility index (Phi) is 4.98. The molecule has 0 atom stereocenters. The fourth-order valence-electron chi connectivity index (χ4n) is 1.68. The molecule has 1 aromatic heterocycles. The first-order valence-corrected chi connectivity index (χ1v) is 6.43. The lowest BCUT2D eigenvalue weighted by Crippen LogP contribution is -2.27. The largest absolute Gasteiger partial charge is 0.497 e. The van der Waals surface area contributed by atoms with E-state index >= 15 is 0 Å². The molecule has 0 saturated carbocycles. The molecule has 0 bridgehead atoms. The predicted molar refractivity (Wildman–Crippen MR) is 77.3 cm³/mol. The van der Waals surface area contributed by atoms with E-state index < -0.39 is 0 Å². The number of carbonyl (C=O) groups is 2. The van der Waals surface area contributed by atoms with Crippen LogP contribution in [0, 0.1) is 0 Å². The summed E-state index contributed by atoms with van der Waals surface area (Å²) in [5, 5.41) is 5.38. The average molecular weight is 288 g/mol. The summed E-state index contributed by atoms with van der Waals surface area (Å²) in [5.41, 5.74) is 1.12. The molecule has 6 nitrogen and oxygen atoms in total. The highest BCUT2D eigenvalue weighted by molar-refractivity contribution is 5.95. The summed E-state index contributed by atoms with van der Waals surface area (Å²) < 4.78 is 9.84. The second-order valence-corrected chi connectivity index (χ2v) is 4.29. The maximum atomic E-state index is 11.7. The molecule has 0 unspecified atom stereocenters. The molecule has 2 amide bonds. The zero-order chi connectivity index (χ0) is 15.1. The van der Waals surface area contributed by atoms with E-state index in [1.54, 1.807) is 37.4 Å². The number of furan rings is 1. The minimum atomic E-state index is -0.263. The maximum Gasteiger partial charge on any atom is 0.254 e. The predicted octanol–water partition coefficient (Wildman–Crippen LogP) is 2.05. The Morgan fingerprint density at radius 1 is 1.19 bits per heavy atom. The first-order chi connectivity index (χ1) is 10.2. The van der Waals surface area contributed by atoms with Gasteiger partial charge in [-0.05, 0) is 30.3 Å². The van der Waals surface area contributed by atoms with Crippen molar-refractivity contribution in [1.29, 1.82) is 0 Å². The standard InChI is InChI=1S/C15H16N2O4/c1-20-13-4-2-12(3-5-13)17-14(18)6-8-16-15(19)11-7-9-21-10-11/h2-5,7,9-10H,6,8H2,1H3,(H,16,19)(H,17,18). The highest BCUT2D eigenvalue weighted by Crippen LogP contribution is 2.14. The van der Waals surface area contributed by atoms with Crippen molar-refractivity contribution in [1.82, 2.24) is 5.32 Å². The minimum absolute atomic E-state index is 0.173. The van der Waals surface area contributed by atoms with Crippen molar-refractivity contribution < 1.29 is 18.7 Å². The van der Waals surface area contributed by atoms with E-state index in [0.29, 0.717) is 11.3 Å². The summed E-state index contributed by atoms with van der Waals surface area (Å²) in [7, 11) is 1.58. The average Bonchev–Trinajstić information content (AvgIpc) is 3.02. The monoisotopic (exact) mass is 288 g/mol. The van der Waals surface area contributed by atoms with Crippen LogP contribution in [0.15, 0.2) is 47.3 Å². The Hall–Kier alpha value is -2.76. The molecule has 0 fully saturated rings. The van der Waals surface area contributed by atoms with E-state index in [9.17, 15) is 9.59 Å². The highest BCUT2D eigenvalue weighted by Gasteiger charge is 2.07. The molecule has 21 heavy (non-hydrogen) atoms. The number of anilines is 1. The molecule has 1 aromatic carbocycles. The van der Waals surface area contributed by atoms with E-state index in [2.05, 4.69) is 10.6 Å². The number of benzene rings is 1. The van der Waals surface area contributed by atoms with E-state index in [0.717, 1.165) is 5.75 Å². The van der Waals surface area contributed by atoms with Gasteiger partial charge in [-0.25, -0.2) is 0 Å². The first-order valence-electron chi connectivity index (χ1n) is 6.43. The number of amides is 2. The summed E-state index contributed by atoms with van der Waals surface area (Å²) >= 11 is 0. The van der Waals surface area contributed by atoms with Crippen molar-refractivity contribution in [3.8, 4) is 5.75 Å². The zero-order valence-corrected chi connectivity index (χ0v) is 11.6. The Bertz CT molecular complexity index is 591. The molecule has 0 radical (unpaired) electrons. The van der Waals surface area contributed by atoms with E-state index in [1.165, 1.54) is 12.5 Å². The van der Waals surface area contributed by atoms with E-state index in [-0.39, 0.29) is 24.8 Å². The number of hydrogen-bond acceptors (Lipinski definition) is 4. The molecule has 110 valence electrons. The van der Waals surface area contributed by atoms with Crippen molar-refractivity contribution in [3.05, 3.63) is 48.4 Å².